The number of pyridine rings is 1. The summed E-state index contributed by atoms with van der Waals surface area (Å²) >= 11 is 0. The number of carbonyl (C=O) groups excluding carboxylic acids is 1. The third-order valence-electron chi connectivity index (χ3n) is 5.33. The molecule has 8 heteroatoms. The molecule has 31 heavy (non-hydrogen) atoms. The van der Waals surface area contributed by atoms with Crippen molar-refractivity contribution in [1.29, 1.82) is 0 Å². The number of amides is 1. The van der Waals surface area contributed by atoms with Gasteiger partial charge in [-0.3, -0.25) is 9.69 Å². The van der Waals surface area contributed by atoms with Crippen LogP contribution in [0.15, 0.2) is 60.8 Å². The van der Waals surface area contributed by atoms with Crippen molar-refractivity contribution in [2.24, 2.45) is 0 Å². The van der Waals surface area contributed by atoms with E-state index in [0.29, 0.717) is 11.1 Å². The molecular formula is C23H20F3N3O2. The summed E-state index contributed by atoms with van der Waals surface area (Å²) in [5.74, 6) is -1.49. The van der Waals surface area contributed by atoms with E-state index in [1.54, 1.807) is 23.1 Å². The molecule has 0 saturated heterocycles. The fraction of sp³-hybridized carbons (Fsp3) is 0.217. The molecule has 1 aliphatic rings. The van der Waals surface area contributed by atoms with E-state index in [1.165, 1.54) is 36.4 Å². The summed E-state index contributed by atoms with van der Waals surface area (Å²) in [6.07, 6.45) is 0.213. The van der Waals surface area contributed by atoms with Crippen molar-refractivity contribution in [2.75, 3.05) is 5.32 Å². The molecule has 0 saturated carbocycles. The van der Waals surface area contributed by atoms with Crippen LogP contribution in [0.2, 0.25) is 0 Å². The quantitative estimate of drug-likeness (QED) is 0.610. The number of carbonyl (C=O) groups is 1. The average Bonchev–Trinajstić information content (AvgIpc) is 3.02. The number of hydrogen-bond donors (Lipinski definition) is 2. The summed E-state index contributed by atoms with van der Waals surface area (Å²) in [6, 6.07) is 12.3. The van der Waals surface area contributed by atoms with E-state index < -0.39 is 23.9 Å². The first-order valence-corrected chi connectivity index (χ1v) is 9.80. The first-order chi connectivity index (χ1) is 14.9. The average molecular weight is 427 g/mol. The topological polar surface area (TPSA) is 65.5 Å². The number of aromatic nitrogens is 1. The number of fused-ring (bicyclic) bond motifs is 1. The number of anilines is 1. The van der Waals surface area contributed by atoms with Gasteiger partial charge in [0.1, 0.15) is 29.5 Å². The molecule has 1 aromatic heterocycles. The van der Waals surface area contributed by atoms with E-state index in [2.05, 4.69) is 10.3 Å². The van der Waals surface area contributed by atoms with E-state index >= 15 is 0 Å². The molecule has 0 bridgehead atoms. The standard InChI is InChI=1S/C23H20F3N3O2/c24-15-6-4-14(5-7-15)13-29-19(22-17(23(29)31)2-1-3-18(22)26)9-11-21(30)28-20-10-8-16(25)12-27-20/h1-8,10,12,19,23,31H,9,11,13H2,(H,27,28,30). The molecule has 2 N–H and O–H groups in total. The maximum atomic E-state index is 14.7. The number of benzene rings is 2. The van der Waals surface area contributed by atoms with Crippen LogP contribution in [0.5, 0.6) is 0 Å². The van der Waals surface area contributed by atoms with Crippen LogP contribution in [-0.2, 0) is 11.3 Å². The van der Waals surface area contributed by atoms with E-state index in [-0.39, 0.29) is 36.9 Å². The number of nitrogens with one attached hydrogen (secondary N) is 1. The zero-order chi connectivity index (χ0) is 22.0. The summed E-state index contributed by atoms with van der Waals surface area (Å²) in [4.78, 5) is 17.8. The highest BCUT2D eigenvalue weighted by Gasteiger charge is 2.39. The largest absolute Gasteiger partial charge is 0.374 e. The first kappa shape index (κ1) is 21.0. The lowest BCUT2D eigenvalue weighted by atomic mass is 9.99. The third kappa shape index (κ3) is 4.60. The number of nitrogens with zero attached hydrogens (tertiary/aromatic N) is 2. The molecule has 0 spiro atoms. The molecule has 2 heterocycles. The Balaban J connectivity index is 1.52. The highest BCUT2D eigenvalue weighted by Crippen LogP contribution is 2.45. The van der Waals surface area contributed by atoms with Gasteiger partial charge in [-0.05, 0) is 42.3 Å². The number of halogens is 3. The van der Waals surface area contributed by atoms with Crippen LogP contribution in [0.3, 0.4) is 0 Å². The summed E-state index contributed by atoms with van der Waals surface area (Å²) in [6.45, 7) is 0.251. The van der Waals surface area contributed by atoms with Gasteiger partial charge in [0, 0.05) is 30.1 Å². The minimum atomic E-state index is -1.05. The Bertz CT molecular complexity index is 1070. The molecule has 3 aromatic rings. The van der Waals surface area contributed by atoms with Crippen molar-refractivity contribution in [3.05, 3.63) is 94.9 Å². The molecule has 0 fully saturated rings. The molecular weight excluding hydrogens is 407 g/mol. The Labute approximate surface area is 177 Å². The van der Waals surface area contributed by atoms with Crippen LogP contribution >= 0.6 is 0 Å². The Morgan fingerprint density at radius 1 is 1.03 bits per heavy atom. The monoisotopic (exact) mass is 427 g/mol. The molecule has 2 aromatic carbocycles. The maximum absolute atomic E-state index is 14.7. The van der Waals surface area contributed by atoms with Gasteiger partial charge < -0.3 is 10.4 Å². The Hall–Kier alpha value is -3.23. The highest BCUT2D eigenvalue weighted by molar-refractivity contribution is 5.89. The van der Waals surface area contributed by atoms with Gasteiger partial charge in [0.15, 0.2) is 0 Å². The third-order valence-corrected chi connectivity index (χ3v) is 5.33. The van der Waals surface area contributed by atoms with Gasteiger partial charge in [0.2, 0.25) is 5.91 Å². The van der Waals surface area contributed by atoms with Gasteiger partial charge >= 0.3 is 0 Å². The zero-order valence-corrected chi connectivity index (χ0v) is 16.4. The van der Waals surface area contributed by atoms with Gasteiger partial charge in [0.25, 0.3) is 0 Å². The van der Waals surface area contributed by atoms with E-state index in [0.717, 1.165) is 11.8 Å². The second-order valence-electron chi connectivity index (χ2n) is 7.38. The number of rotatable bonds is 6. The zero-order valence-electron chi connectivity index (χ0n) is 16.4. The molecule has 1 aliphatic heterocycles. The predicted molar refractivity (Wildman–Crippen MR) is 108 cm³/mol. The lowest BCUT2D eigenvalue weighted by Crippen LogP contribution is -2.27. The second-order valence-corrected chi connectivity index (χ2v) is 7.38. The summed E-state index contributed by atoms with van der Waals surface area (Å²) < 4.78 is 40.9. The van der Waals surface area contributed by atoms with E-state index in [9.17, 15) is 23.1 Å². The molecule has 5 nitrogen and oxygen atoms in total. The fourth-order valence-corrected chi connectivity index (χ4v) is 3.88. The molecule has 160 valence electrons. The number of hydrogen-bond acceptors (Lipinski definition) is 4. The number of aliphatic hydroxyl groups is 1. The van der Waals surface area contributed by atoms with Crippen LogP contribution in [0.4, 0.5) is 19.0 Å². The minimum Gasteiger partial charge on any atom is -0.374 e. The van der Waals surface area contributed by atoms with Crippen LogP contribution < -0.4 is 5.32 Å². The Morgan fingerprint density at radius 2 is 1.77 bits per heavy atom. The molecule has 2 atom stereocenters. The van der Waals surface area contributed by atoms with Crippen molar-refractivity contribution in [1.82, 2.24) is 9.88 Å². The SMILES string of the molecule is O=C(CCC1c2c(F)cccc2C(O)N1Cc1ccc(F)cc1)Nc1ccc(F)cn1. The Morgan fingerprint density at radius 3 is 2.48 bits per heavy atom. The van der Waals surface area contributed by atoms with Gasteiger partial charge in [-0.1, -0.05) is 24.3 Å². The molecule has 1 amide bonds. The number of aliphatic hydroxyl groups excluding tert-OH is 1. The maximum Gasteiger partial charge on any atom is 0.225 e. The first-order valence-electron chi connectivity index (χ1n) is 9.80. The normalized spacial score (nSPS) is 18.1. The van der Waals surface area contributed by atoms with Gasteiger partial charge in [-0.2, -0.15) is 0 Å². The lowest BCUT2D eigenvalue weighted by molar-refractivity contribution is -0.116. The van der Waals surface area contributed by atoms with Crippen LogP contribution in [0.25, 0.3) is 0 Å². The Kier molecular flexibility index (Phi) is 6.01. The summed E-state index contributed by atoms with van der Waals surface area (Å²) in [7, 11) is 0. The van der Waals surface area contributed by atoms with Crippen molar-refractivity contribution >= 4 is 11.7 Å². The van der Waals surface area contributed by atoms with E-state index in [1.807, 2.05) is 0 Å². The van der Waals surface area contributed by atoms with Crippen LogP contribution in [0.1, 0.15) is 41.8 Å². The van der Waals surface area contributed by atoms with Crippen LogP contribution in [0, 0.1) is 17.5 Å². The minimum absolute atomic E-state index is 0.0319. The van der Waals surface area contributed by atoms with E-state index in [4.69, 9.17) is 0 Å². The smallest absolute Gasteiger partial charge is 0.225 e. The fourth-order valence-electron chi connectivity index (χ4n) is 3.88. The second kappa shape index (κ2) is 8.87. The summed E-state index contributed by atoms with van der Waals surface area (Å²) in [5.41, 5.74) is 1.55. The lowest BCUT2D eigenvalue weighted by Gasteiger charge is -2.28. The molecule has 0 aliphatic carbocycles. The molecule has 2 unspecified atom stereocenters. The molecule has 4 rings (SSSR count). The summed E-state index contributed by atoms with van der Waals surface area (Å²) in [5, 5.41) is 13.4. The van der Waals surface area contributed by atoms with Crippen molar-refractivity contribution in [2.45, 2.75) is 31.7 Å². The van der Waals surface area contributed by atoms with Crippen molar-refractivity contribution in [3.63, 3.8) is 0 Å². The molecule has 0 radical (unpaired) electrons. The van der Waals surface area contributed by atoms with Crippen LogP contribution in [-0.4, -0.2) is 20.9 Å². The van der Waals surface area contributed by atoms with Gasteiger partial charge in [0.05, 0.1) is 6.20 Å². The van der Waals surface area contributed by atoms with Crippen molar-refractivity contribution < 1.29 is 23.1 Å². The van der Waals surface area contributed by atoms with Gasteiger partial charge in [-0.15, -0.1) is 0 Å². The van der Waals surface area contributed by atoms with Gasteiger partial charge in [-0.25, -0.2) is 18.2 Å². The highest BCUT2D eigenvalue weighted by atomic mass is 19.1. The predicted octanol–water partition coefficient (Wildman–Crippen LogP) is 4.47. The van der Waals surface area contributed by atoms with Crippen molar-refractivity contribution in [3.8, 4) is 0 Å².